The van der Waals surface area contributed by atoms with Crippen LogP contribution in [0.1, 0.15) is 25.5 Å². The summed E-state index contributed by atoms with van der Waals surface area (Å²) in [6.45, 7) is 7.95. The third-order valence-electron chi connectivity index (χ3n) is 3.61. The molecular formula is C15H23NO3. The van der Waals surface area contributed by atoms with E-state index in [-0.39, 0.29) is 6.04 Å². The first-order chi connectivity index (χ1) is 9.22. The number of rotatable bonds is 5. The van der Waals surface area contributed by atoms with E-state index in [4.69, 9.17) is 9.47 Å². The van der Waals surface area contributed by atoms with Crippen molar-refractivity contribution in [1.82, 2.24) is 4.90 Å². The molecular weight excluding hydrogens is 242 g/mol. The normalized spacial score (nSPS) is 19.9. The Bertz CT molecular complexity index is 373. The van der Waals surface area contributed by atoms with E-state index in [1.165, 1.54) is 0 Å². The standard InChI is InChI=1S/C15H23NO3/c1-3-19-14-6-4-13(5-7-14)15(17)12(2)16-8-10-18-11-9-16/h4-7,12,15,17H,3,8-11H2,1-2H3/t12-,15+/m1/s1. The average molecular weight is 265 g/mol. The molecule has 2 atom stereocenters. The highest BCUT2D eigenvalue weighted by Crippen LogP contribution is 2.23. The van der Waals surface area contributed by atoms with Crippen LogP contribution in [0.2, 0.25) is 0 Å². The van der Waals surface area contributed by atoms with Crippen LogP contribution in [0.5, 0.6) is 5.75 Å². The van der Waals surface area contributed by atoms with Gasteiger partial charge in [-0.15, -0.1) is 0 Å². The van der Waals surface area contributed by atoms with E-state index in [0.717, 1.165) is 37.6 Å². The molecule has 19 heavy (non-hydrogen) atoms. The van der Waals surface area contributed by atoms with Crippen molar-refractivity contribution in [1.29, 1.82) is 0 Å². The second-order valence-corrected chi connectivity index (χ2v) is 4.84. The van der Waals surface area contributed by atoms with Gasteiger partial charge in [0.15, 0.2) is 0 Å². The van der Waals surface area contributed by atoms with Gasteiger partial charge in [0.05, 0.1) is 25.9 Å². The molecule has 0 aliphatic carbocycles. The van der Waals surface area contributed by atoms with Gasteiger partial charge in [0.25, 0.3) is 0 Å². The van der Waals surface area contributed by atoms with Gasteiger partial charge in [-0.25, -0.2) is 0 Å². The number of hydrogen-bond acceptors (Lipinski definition) is 4. The zero-order valence-corrected chi connectivity index (χ0v) is 11.7. The fraction of sp³-hybridized carbons (Fsp3) is 0.600. The molecule has 0 bridgehead atoms. The lowest BCUT2D eigenvalue weighted by Gasteiger charge is -2.35. The first-order valence-electron chi connectivity index (χ1n) is 6.95. The molecule has 1 aliphatic rings. The molecule has 0 saturated carbocycles. The predicted molar refractivity (Wildman–Crippen MR) is 74.4 cm³/mol. The van der Waals surface area contributed by atoms with Crippen molar-refractivity contribution in [2.45, 2.75) is 26.0 Å². The Morgan fingerprint density at radius 2 is 1.89 bits per heavy atom. The molecule has 1 aromatic carbocycles. The van der Waals surface area contributed by atoms with Crippen LogP contribution in [0, 0.1) is 0 Å². The molecule has 0 amide bonds. The van der Waals surface area contributed by atoms with Gasteiger partial charge in [0.2, 0.25) is 0 Å². The Hall–Kier alpha value is -1.10. The molecule has 0 radical (unpaired) electrons. The van der Waals surface area contributed by atoms with Crippen LogP contribution < -0.4 is 4.74 Å². The molecule has 1 saturated heterocycles. The Labute approximate surface area is 114 Å². The molecule has 0 unspecified atom stereocenters. The first-order valence-corrected chi connectivity index (χ1v) is 6.95. The third kappa shape index (κ3) is 3.69. The lowest BCUT2D eigenvalue weighted by Crippen LogP contribution is -2.44. The summed E-state index contributed by atoms with van der Waals surface area (Å²) in [6, 6.07) is 7.79. The molecule has 106 valence electrons. The van der Waals surface area contributed by atoms with Crippen molar-refractivity contribution >= 4 is 0 Å². The number of nitrogens with zero attached hydrogens (tertiary/aromatic N) is 1. The Kier molecular flexibility index (Phi) is 5.19. The van der Waals surface area contributed by atoms with E-state index < -0.39 is 6.10 Å². The summed E-state index contributed by atoms with van der Waals surface area (Å²) in [4.78, 5) is 2.27. The van der Waals surface area contributed by atoms with Crippen LogP contribution in [0.25, 0.3) is 0 Å². The number of aliphatic hydroxyl groups excluding tert-OH is 1. The number of aliphatic hydroxyl groups is 1. The van der Waals surface area contributed by atoms with Crippen LogP contribution in [0.15, 0.2) is 24.3 Å². The monoisotopic (exact) mass is 265 g/mol. The summed E-state index contributed by atoms with van der Waals surface area (Å²) >= 11 is 0. The third-order valence-corrected chi connectivity index (χ3v) is 3.61. The Morgan fingerprint density at radius 1 is 1.26 bits per heavy atom. The topological polar surface area (TPSA) is 41.9 Å². The van der Waals surface area contributed by atoms with Gasteiger partial charge in [-0.2, -0.15) is 0 Å². The average Bonchev–Trinajstić information content (AvgIpc) is 2.48. The highest BCUT2D eigenvalue weighted by molar-refractivity contribution is 5.29. The van der Waals surface area contributed by atoms with Crippen molar-refractivity contribution < 1.29 is 14.6 Å². The smallest absolute Gasteiger partial charge is 0.119 e. The summed E-state index contributed by atoms with van der Waals surface area (Å²) < 4.78 is 10.7. The molecule has 2 rings (SSSR count). The van der Waals surface area contributed by atoms with Crippen molar-refractivity contribution in [3.63, 3.8) is 0 Å². The summed E-state index contributed by atoms with van der Waals surface area (Å²) in [6.07, 6.45) is -0.478. The maximum Gasteiger partial charge on any atom is 0.119 e. The van der Waals surface area contributed by atoms with Crippen LogP contribution in [-0.2, 0) is 4.74 Å². The van der Waals surface area contributed by atoms with E-state index in [1.807, 2.05) is 31.2 Å². The summed E-state index contributed by atoms with van der Waals surface area (Å²) in [7, 11) is 0. The minimum Gasteiger partial charge on any atom is -0.494 e. The largest absolute Gasteiger partial charge is 0.494 e. The van der Waals surface area contributed by atoms with Crippen molar-refractivity contribution in [2.24, 2.45) is 0 Å². The van der Waals surface area contributed by atoms with E-state index >= 15 is 0 Å². The molecule has 1 aromatic rings. The van der Waals surface area contributed by atoms with E-state index in [1.54, 1.807) is 0 Å². The zero-order chi connectivity index (χ0) is 13.7. The number of ether oxygens (including phenoxy) is 2. The maximum absolute atomic E-state index is 10.4. The number of benzene rings is 1. The van der Waals surface area contributed by atoms with E-state index in [9.17, 15) is 5.11 Å². The zero-order valence-electron chi connectivity index (χ0n) is 11.7. The van der Waals surface area contributed by atoms with Gasteiger partial charge < -0.3 is 14.6 Å². The fourth-order valence-corrected chi connectivity index (χ4v) is 2.39. The summed E-state index contributed by atoms with van der Waals surface area (Å²) in [5.74, 6) is 0.845. The Balaban J connectivity index is 1.99. The lowest BCUT2D eigenvalue weighted by atomic mass is 10.0. The molecule has 1 N–H and O–H groups in total. The van der Waals surface area contributed by atoms with Gasteiger partial charge in [-0.05, 0) is 31.5 Å². The van der Waals surface area contributed by atoms with Crippen LogP contribution in [0.3, 0.4) is 0 Å². The van der Waals surface area contributed by atoms with Gasteiger partial charge in [-0.1, -0.05) is 12.1 Å². The Morgan fingerprint density at radius 3 is 2.47 bits per heavy atom. The molecule has 0 spiro atoms. The molecule has 1 heterocycles. The number of hydrogen-bond donors (Lipinski definition) is 1. The SMILES string of the molecule is CCOc1ccc([C@@H](O)[C@@H](C)N2CCOCC2)cc1. The summed E-state index contributed by atoms with van der Waals surface area (Å²) in [5.41, 5.74) is 0.933. The molecule has 0 aromatic heterocycles. The van der Waals surface area contributed by atoms with E-state index in [2.05, 4.69) is 11.8 Å². The quantitative estimate of drug-likeness (QED) is 0.882. The van der Waals surface area contributed by atoms with Crippen LogP contribution >= 0.6 is 0 Å². The van der Waals surface area contributed by atoms with E-state index in [0.29, 0.717) is 6.61 Å². The van der Waals surface area contributed by atoms with Gasteiger partial charge in [0, 0.05) is 19.1 Å². The van der Waals surface area contributed by atoms with Gasteiger partial charge in [0.1, 0.15) is 5.75 Å². The maximum atomic E-state index is 10.4. The molecule has 1 fully saturated rings. The summed E-state index contributed by atoms with van der Waals surface area (Å²) in [5, 5.41) is 10.4. The van der Waals surface area contributed by atoms with Crippen LogP contribution in [0.4, 0.5) is 0 Å². The first kappa shape index (κ1) is 14.3. The van der Waals surface area contributed by atoms with Crippen LogP contribution in [-0.4, -0.2) is 49.0 Å². The molecule has 1 aliphatic heterocycles. The highest BCUT2D eigenvalue weighted by Gasteiger charge is 2.24. The van der Waals surface area contributed by atoms with Crippen molar-refractivity contribution in [3.05, 3.63) is 29.8 Å². The molecule has 4 nitrogen and oxygen atoms in total. The number of morpholine rings is 1. The molecule has 4 heteroatoms. The lowest BCUT2D eigenvalue weighted by molar-refractivity contribution is -0.0166. The van der Waals surface area contributed by atoms with Crippen molar-refractivity contribution in [2.75, 3.05) is 32.9 Å². The highest BCUT2D eigenvalue weighted by atomic mass is 16.5. The van der Waals surface area contributed by atoms with Gasteiger partial charge >= 0.3 is 0 Å². The van der Waals surface area contributed by atoms with Gasteiger partial charge in [-0.3, -0.25) is 4.90 Å². The van der Waals surface area contributed by atoms with Crippen molar-refractivity contribution in [3.8, 4) is 5.75 Å². The minimum absolute atomic E-state index is 0.0989. The predicted octanol–water partition coefficient (Wildman–Crippen LogP) is 1.84. The second kappa shape index (κ2) is 6.89. The fourth-order valence-electron chi connectivity index (χ4n) is 2.39. The second-order valence-electron chi connectivity index (χ2n) is 4.84. The minimum atomic E-state index is -0.478.